The largest absolute Gasteiger partial charge is 0.337 e. The summed E-state index contributed by atoms with van der Waals surface area (Å²) in [6, 6.07) is 14.7. The standard InChI is InChI=1S/C22H24FN3OS/c1-25(13-16-6-4-8-18(23)12-16)21(27)15-26-11-5-7-17(14-26)22-24-19-9-2-3-10-20(19)28-22/h2-4,6,8-10,12,17H,5,7,11,13-15H2,1H3/p+1/t17-/m0/s1. The van der Waals surface area contributed by atoms with Gasteiger partial charge in [0.2, 0.25) is 0 Å². The summed E-state index contributed by atoms with van der Waals surface area (Å²) in [6.07, 6.45) is 2.24. The van der Waals surface area contributed by atoms with E-state index >= 15 is 0 Å². The molecular weight excluding hydrogens is 373 g/mol. The van der Waals surface area contributed by atoms with E-state index in [1.165, 1.54) is 26.7 Å². The van der Waals surface area contributed by atoms with Gasteiger partial charge < -0.3 is 9.80 Å². The maximum absolute atomic E-state index is 13.4. The fourth-order valence-corrected chi connectivity index (χ4v) is 5.04. The predicted molar refractivity (Wildman–Crippen MR) is 110 cm³/mol. The lowest BCUT2D eigenvalue weighted by atomic mass is 9.98. The average Bonchev–Trinajstić information content (AvgIpc) is 3.12. The Morgan fingerprint density at radius 1 is 1.29 bits per heavy atom. The van der Waals surface area contributed by atoms with Gasteiger partial charge in [0.05, 0.1) is 29.2 Å². The molecule has 3 aromatic rings. The van der Waals surface area contributed by atoms with Gasteiger partial charge in [-0.1, -0.05) is 24.3 Å². The van der Waals surface area contributed by atoms with Gasteiger partial charge in [-0.05, 0) is 42.7 Å². The second kappa shape index (κ2) is 8.37. The monoisotopic (exact) mass is 398 g/mol. The molecule has 1 aliphatic heterocycles. The molecule has 0 bridgehead atoms. The third kappa shape index (κ3) is 4.39. The summed E-state index contributed by atoms with van der Waals surface area (Å²) in [4.78, 5) is 20.5. The number of nitrogens with zero attached hydrogens (tertiary/aromatic N) is 2. The number of carbonyl (C=O) groups is 1. The maximum atomic E-state index is 13.4. The topological polar surface area (TPSA) is 37.6 Å². The molecule has 2 heterocycles. The molecule has 1 saturated heterocycles. The van der Waals surface area contributed by atoms with E-state index in [-0.39, 0.29) is 11.7 Å². The van der Waals surface area contributed by atoms with Crippen LogP contribution in [0.25, 0.3) is 10.2 Å². The number of quaternary nitrogens is 1. The molecule has 2 atom stereocenters. The average molecular weight is 399 g/mol. The van der Waals surface area contributed by atoms with Gasteiger partial charge in [-0.15, -0.1) is 11.3 Å². The normalized spacial score (nSPS) is 19.6. The zero-order valence-corrected chi connectivity index (χ0v) is 16.8. The van der Waals surface area contributed by atoms with Gasteiger partial charge in [-0.2, -0.15) is 0 Å². The fraction of sp³-hybridized carbons (Fsp3) is 0.364. The Hall–Kier alpha value is -2.31. The molecule has 1 aromatic heterocycles. The number of likely N-dealkylation sites (N-methyl/N-ethyl adjacent to an activating group) is 1. The SMILES string of the molecule is CN(Cc1cccc(F)c1)C(=O)C[NH+]1CCC[C@H](c2nc3ccccc3s2)C1. The van der Waals surface area contributed by atoms with Crippen LogP contribution in [0.2, 0.25) is 0 Å². The highest BCUT2D eigenvalue weighted by Crippen LogP contribution is 2.30. The Morgan fingerprint density at radius 3 is 2.96 bits per heavy atom. The van der Waals surface area contributed by atoms with Crippen molar-refractivity contribution in [3.63, 3.8) is 0 Å². The van der Waals surface area contributed by atoms with Crippen molar-refractivity contribution < 1.29 is 14.1 Å². The van der Waals surface area contributed by atoms with E-state index in [1.54, 1.807) is 29.4 Å². The van der Waals surface area contributed by atoms with Crippen molar-refractivity contribution >= 4 is 27.5 Å². The summed E-state index contributed by atoms with van der Waals surface area (Å²) in [7, 11) is 1.79. The van der Waals surface area contributed by atoms with E-state index < -0.39 is 0 Å². The van der Waals surface area contributed by atoms with Crippen molar-refractivity contribution in [2.24, 2.45) is 0 Å². The molecule has 0 radical (unpaired) electrons. The van der Waals surface area contributed by atoms with E-state index in [1.807, 2.05) is 12.1 Å². The Morgan fingerprint density at radius 2 is 2.14 bits per heavy atom. The summed E-state index contributed by atoms with van der Waals surface area (Å²) >= 11 is 1.78. The number of carbonyl (C=O) groups excluding carboxylic acids is 1. The lowest BCUT2D eigenvalue weighted by molar-refractivity contribution is -0.898. The highest BCUT2D eigenvalue weighted by Gasteiger charge is 2.29. The zero-order chi connectivity index (χ0) is 19.5. The number of aromatic nitrogens is 1. The van der Waals surface area contributed by atoms with Gasteiger partial charge >= 0.3 is 0 Å². The summed E-state index contributed by atoms with van der Waals surface area (Å²) in [5.41, 5.74) is 1.89. The van der Waals surface area contributed by atoms with Crippen LogP contribution in [0.4, 0.5) is 4.39 Å². The van der Waals surface area contributed by atoms with Crippen LogP contribution in [-0.4, -0.2) is 42.5 Å². The molecular formula is C22H25FN3OS+. The third-order valence-electron chi connectivity index (χ3n) is 5.41. The number of piperidine rings is 1. The lowest BCUT2D eigenvalue weighted by Crippen LogP contribution is -3.14. The number of likely N-dealkylation sites (tertiary alicyclic amines) is 1. The van der Waals surface area contributed by atoms with Crippen LogP contribution in [0.5, 0.6) is 0 Å². The number of halogens is 1. The van der Waals surface area contributed by atoms with Gasteiger partial charge in [-0.3, -0.25) is 4.79 Å². The maximum Gasteiger partial charge on any atom is 0.277 e. The fourth-order valence-electron chi connectivity index (χ4n) is 3.93. The van der Waals surface area contributed by atoms with Crippen molar-refractivity contribution in [2.75, 3.05) is 26.7 Å². The molecule has 1 aliphatic rings. The second-order valence-electron chi connectivity index (χ2n) is 7.62. The number of rotatable bonds is 5. The Kier molecular flexibility index (Phi) is 5.69. The number of amides is 1. The minimum atomic E-state index is -0.265. The van der Waals surface area contributed by atoms with Crippen LogP contribution in [0.3, 0.4) is 0 Å². The molecule has 4 nitrogen and oxygen atoms in total. The molecule has 2 aromatic carbocycles. The first-order chi connectivity index (χ1) is 13.6. The van der Waals surface area contributed by atoms with Crippen molar-refractivity contribution in [3.05, 3.63) is 64.9 Å². The van der Waals surface area contributed by atoms with Gasteiger partial charge in [0.1, 0.15) is 10.8 Å². The number of thiazole rings is 1. The molecule has 4 rings (SSSR count). The quantitative estimate of drug-likeness (QED) is 0.718. The predicted octanol–water partition coefficient (Wildman–Crippen LogP) is 2.86. The number of hydrogen-bond donors (Lipinski definition) is 1. The van der Waals surface area contributed by atoms with E-state index in [2.05, 4.69) is 18.2 Å². The van der Waals surface area contributed by atoms with Crippen molar-refractivity contribution in [1.82, 2.24) is 9.88 Å². The van der Waals surface area contributed by atoms with Crippen molar-refractivity contribution in [3.8, 4) is 0 Å². The van der Waals surface area contributed by atoms with Crippen LogP contribution in [0.1, 0.15) is 29.3 Å². The summed E-state index contributed by atoms with van der Waals surface area (Å²) in [5.74, 6) is 0.255. The molecule has 1 N–H and O–H groups in total. The number of hydrogen-bond acceptors (Lipinski definition) is 3. The first kappa shape index (κ1) is 19.0. The summed E-state index contributed by atoms with van der Waals surface area (Å²) in [6.45, 7) is 2.87. The summed E-state index contributed by atoms with van der Waals surface area (Å²) < 4.78 is 14.6. The minimum Gasteiger partial charge on any atom is -0.337 e. The van der Waals surface area contributed by atoms with Crippen LogP contribution >= 0.6 is 11.3 Å². The number of para-hydroxylation sites is 1. The zero-order valence-electron chi connectivity index (χ0n) is 16.0. The number of fused-ring (bicyclic) bond motifs is 1. The third-order valence-corrected chi connectivity index (χ3v) is 6.61. The van der Waals surface area contributed by atoms with Gasteiger partial charge in [0.25, 0.3) is 5.91 Å². The smallest absolute Gasteiger partial charge is 0.277 e. The summed E-state index contributed by atoms with van der Waals surface area (Å²) in [5, 5.41) is 1.19. The van der Waals surface area contributed by atoms with E-state index in [4.69, 9.17) is 4.98 Å². The highest BCUT2D eigenvalue weighted by molar-refractivity contribution is 7.18. The van der Waals surface area contributed by atoms with Gasteiger partial charge in [-0.25, -0.2) is 9.37 Å². The van der Waals surface area contributed by atoms with Crippen LogP contribution in [-0.2, 0) is 11.3 Å². The second-order valence-corrected chi connectivity index (χ2v) is 8.68. The minimum absolute atomic E-state index is 0.101. The van der Waals surface area contributed by atoms with Crippen molar-refractivity contribution in [2.45, 2.75) is 25.3 Å². The van der Waals surface area contributed by atoms with Crippen LogP contribution in [0, 0.1) is 5.82 Å². The van der Waals surface area contributed by atoms with Gasteiger partial charge in [0, 0.05) is 13.6 Å². The Bertz CT molecular complexity index is 940. The van der Waals surface area contributed by atoms with Crippen LogP contribution < -0.4 is 4.90 Å². The molecule has 1 unspecified atom stereocenters. The number of benzene rings is 2. The lowest BCUT2D eigenvalue weighted by Gasteiger charge is -2.29. The molecule has 0 spiro atoms. The molecule has 1 fully saturated rings. The Balaban J connectivity index is 1.37. The molecule has 6 heteroatoms. The van der Waals surface area contributed by atoms with E-state index in [9.17, 15) is 9.18 Å². The van der Waals surface area contributed by atoms with Gasteiger partial charge in [0.15, 0.2) is 6.54 Å². The molecule has 146 valence electrons. The molecule has 28 heavy (non-hydrogen) atoms. The Labute approximate surface area is 168 Å². The van der Waals surface area contributed by atoms with Crippen molar-refractivity contribution in [1.29, 1.82) is 0 Å². The first-order valence-corrected chi connectivity index (χ1v) is 10.6. The first-order valence-electron chi connectivity index (χ1n) is 9.76. The molecule has 0 aliphatic carbocycles. The van der Waals surface area contributed by atoms with E-state index in [0.29, 0.717) is 19.0 Å². The molecule has 1 amide bonds. The van der Waals surface area contributed by atoms with Crippen LogP contribution in [0.15, 0.2) is 48.5 Å². The highest BCUT2D eigenvalue weighted by atomic mass is 32.1. The van der Waals surface area contributed by atoms with E-state index in [0.717, 1.165) is 37.0 Å². The molecule has 0 saturated carbocycles. The number of nitrogens with one attached hydrogen (secondary N) is 1.